The third-order valence-corrected chi connectivity index (χ3v) is 5.89. The van der Waals surface area contributed by atoms with Crippen LogP contribution in [0.4, 0.5) is 13.2 Å². The summed E-state index contributed by atoms with van der Waals surface area (Å²) in [5.41, 5.74) is 1.10. The molecule has 8 heteroatoms. The van der Waals surface area contributed by atoms with Crippen LogP contribution in [0.2, 0.25) is 5.02 Å². The van der Waals surface area contributed by atoms with Crippen LogP contribution in [-0.4, -0.2) is 16.0 Å². The van der Waals surface area contributed by atoms with Crippen LogP contribution in [0.5, 0.6) is 0 Å². The topological polar surface area (TPSA) is 62.2 Å². The van der Waals surface area contributed by atoms with Gasteiger partial charge in [-0.3, -0.25) is 9.78 Å². The first-order valence-corrected chi connectivity index (χ1v) is 10.4. The molecule has 0 aliphatic heterocycles. The number of hydrogen-bond acceptors (Lipinski definition) is 3. The summed E-state index contributed by atoms with van der Waals surface area (Å²) >= 11 is 5.88. The molecule has 1 aromatic heterocycles. The van der Waals surface area contributed by atoms with Crippen LogP contribution in [0.25, 0.3) is 11.1 Å². The largest absolute Gasteiger partial charge is 0.433 e. The molecule has 0 saturated heterocycles. The van der Waals surface area contributed by atoms with Crippen molar-refractivity contribution >= 4 is 17.5 Å². The number of aromatic nitrogens is 1. The molecule has 4 nitrogen and oxygen atoms in total. The predicted molar refractivity (Wildman–Crippen MR) is 115 cm³/mol. The van der Waals surface area contributed by atoms with Crippen LogP contribution in [-0.2, 0) is 11.7 Å². The van der Waals surface area contributed by atoms with E-state index >= 15 is 0 Å². The van der Waals surface area contributed by atoms with Gasteiger partial charge in [-0.05, 0) is 66.8 Å². The predicted octanol–water partition coefficient (Wildman–Crippen LogP) is 5.89. The molecule has 0 radical (unpaired) electrons. The molecule has 1 aliphatic carbocycles. The second-order valence-electron chi connectivity index (χ2n) is 7.95. The van der Waals surface area contributed by atoms with E-state index < -0.39 is 23.5 Å². The maximum absolute atomic E-state index is 13.0. The summed E-state index contributed by atoms with van der Waals surface area (Å²) in [5, 5.41) is 13.6. The van der Waals surface area contributed by atoms with Crippen LogP contribution in [0, 0.1) is 0 Å². The quantitative estimate of drug-likeness (QED) is 0.499. The molecule has 1 saturated carbocycles. The highest BCUT2D eigenvalue weighted by Gasteiger charge is 2.45. The van der Waals surface area contributed by atoms with Gasteiger partial charge in [-0.2, -0.15) is 13.2 Å². The summed E-state index contributed by atoms with van der Waals surface area (Å²) in [4.78, 5) is 16.2. The van der Waals surface area contributed by atoms with E-state index in [0.29, 0.717) is 21.7 Å². The first kappa shape index (κ1) is 22.3. The van der Waals surface area contributed by atoms with Gasteiger partial charge < -0.3 is 10.4 Å². The number of nitrogens with one attached hydrogen (secondary N) is 1. The monoisotopic (exact) mass is 460 g/mol. The lowest BCUT2D eigenvalue weighted by atomic mass is 9.95. The van der Waals surface area contributed by atoms with E-state index in [1.165, 1.54) is 6.92 Å². The lowest BCUT2D eigenvalue weighted by molar-refractivity contribution is -0.141. The van der Waals surface area contributed by atoms with Crippen molar-refractivity contribution in [1.29, 1.82) is 0 Å². The summed E-state index contributed by atoms with van der Waals surface area (Å²) in [6.45, 7) is 1.42. The maximum atomic E-state index is 13.0. The normalized spacial score (nSPS) is 15.8. The number of rotatable bonds is 5. The molecule has 32 heavy (non-hydrogen) atoms. The van der Waals surface area contributed by atoms with Crippen LogP contribution in [0.3, 0.4) is 0 Å². The van der Waals surface area contributed by atoms with Crippen molar-refractivity contribution in [2.75, 3.05) is 0 Å². The second kappa shape index (κ2) is 8.22. The third-order valence-electron chi connectivity index (χ3n) is 5.63. The highest BCUT2D eigenvalue weighted by Crippen LogP contribution is 2.46. The number of pyridine rings is 1. The minimum Gasteiger partial charge on any atom is -0.389 e. The fraction of sp³-hybridized carbons (Fsp3) is 0.250. The van der Waals surface area contributed by atoms with Crippen molar-refractivity contribution in [3.05, 3.63) is 88.2 Å². The highest BCUT2D eigenvalue weighted by atomic mass is 35.5. The molecule has 1 atom stereocenters. The van der Waals surface area contributed by atoms with Crippen molar-refractivity contribution in [2.45, 2.75) is 37.6 Å². The Labute approximate surface area is 188 Å². The molecule has 2 N–H and O–H groups in total. The molecule has 3 aromatic rings. The fourth-order valence-electron chi connectivity index (χ4n) is 3.68. The Morgan fingerprint density at radius 3 is 2.28 bits per heavy atom. The zero-order chi connectivity index (χ0) is 23.1. The molecular formula is C24H20ClF3N2O2. The van der Waals surface area contributed by atoms with Gasteiger partial charge >= 0.3 is 6.18 Å². The number of aliphatic hydroxyl groups is 1. The minimum absolute atomic E-state index is 0.150. The number of benzene rings is 2. The lowest BCUT2D eigenvalue weighted by Gasteiger charge is -2.19. The van der Waals surface area contributed by atoms with Crippen molar-refractivity contribution in [2.24, 2.45) is 0 Å². The smallest absolute Gasteiger partial charge is 0.389 e. The van der Waals surface area contributed by atoms with E-state index in [-0.39, 0.29) is 11.5 Å². The molecule has 0 spiro atoms. The molecule has 1 fully saturated rings. The molecule has 166 valence electrons. The average Bonchev–Trinajstić information content (AvgIpc) is 3.53. The van der Waals surface area contributed by atoms with Gasteiger partial charge in [-0.15, -0.1) is 0 Å². The molecule has 4 rings (SSSR count). The van der Waals surface area contributed by atoms with Crippen molar-refractivity contribution in [1.82, 2.24) is 10.3 Å². The van der Waals surface area contributed by atoms with E-state index in [1.807, 2.05) is 12.1 Å². The number of halogens is 4. The Morgan fingerprint density at radius 2 is 1.75 bits per heavy atom. The molecule has 1 heterocycles. The van der Waals surface area contributed by atoms with Gasteiger partial charge in [0.2, 0.25) is 0 Å². The zero-order valence-corrected chi connectivity index (χ0v) is 17.8. The summed E-state index contributed by atoms with van der Waals surface area (Å²) in [5.74, 6) is -0.202. The van der Waals surface area contributed by atoms with Crippen molar-refractivity contribution in [3.8, 4) is 11.1 Å². The third kappa shape index (κ3) is 4.49. The van der Waals surface area contributed by atoms with E-state index in [2.05, 4.69) is 10.3 Å². The van der Waals surface area contributed by atoms with Gasteiger partial charge in [-0.25, -0.2) is 0 Å². The van der Waals surface area contributed by atoms with Gasteiger partial charge in [0.25, 0.3) is 5.91 Å². The molecule has 1 unspecified atom stereocenters. The Balaban J connectivity index is 1.58. The number of aliphatic hydroxyl groups excluding tert-OH is 1. The number of hydrogen-bond donors (Lipinski definition) is 2. The van der Waals surface area contributed by atoms with E-state index in [4.69, 9.17) is 11.6 Å². The number of nitrogens with zero attached hydrogens (tertiary/aromatic N) is 1. The van der Waals surface area contributed by atoms with Crippen LogP contribution < -0.4 is 5.32 Å². The van der Waals surface area contributed by atoms with E-state index in [0.717, 1.165) is 30.7 Å². The van der Waals surface area contributed by atoms with E-state index in [9.17, 15) is 23.1 Å². The number of carbonyl (C=O) groups excluding carboxylic acids is 1. The fourth-order valence-corrected chi connectivity index (χ4v) is 3.81. The Kier molecular flexibility index (Phi) is 5.73. The zero-order valence-electron chi connectivity index (χ0n) is 17.1. The molecule has 2 aromatic carbocycles. The Hall–Kier alpha value is -2.90. The van der Waals surface area contributed by atoms with Crippen molar-refractivity contribution < 1.29 is 23.1 Å². The second-order valence-corrected chi connectivity index (χ2v) is 8.39. The number of carbonyl (C=O) groups is 1. The molecule has 1 aliphatic rings. The average molecular weight is 461 g/mol. The summed E-state index contributed by atoms with van der Waals surface area (Å²) < 4.78 is 39.1. The molecule has 0 bridgehead atoms. The van der Waals surface area contributed by atoms with Crippen LogP contribution in [0.15, 0.2) is 60.8 Å². The van der Waals surface area contributed by atoms with Gasteiger partial charge in [0, 0.05) is 22.3 Å². The molecule has 1 amide bonds. The summed E-state index contributed by atoms with van der Waals surface area (Å²) in [7, 11) is 0. The Bertz CT molecular complexity index is 1140. The first-order chi connectivity index (χ1) is 15.1. The van der Waals surface area contributed by atoms with Gasteiger partial charge in [0.05, 0.1) is 11.6 Å². The van der Waals surface area contributed by atoms with Crippen LogP contribution >= 0.6 is 11.6 Å². The SMILES string of the molecule is CC(O)c1cc(C(F)(F)F)ncc1-c1ccc(C2(NC(=O)c3ccc(Cl)cc3)CC2)cc1. The van der Waals surface area contributed by atoms with E-state index in [1.54, 1.807) is 36.4 Å². The van der Waals surface area contributed by atoms with Gasteiger partial charge in [-0.1, -0.05) is 35.9 Å². The Morgan fingerprint density at radius 1 is 1.12 bits per heavy atom. The standard InChI is InChI=1S/C24H20ClF3N2O2/c1-14(31)19-12-21(24(26,27)28)29-13-20(19)15-2-6-17(7-3-15)23(10-11-23)30-22(32)16-4-8-18(25)9-5-16/h2-9,12-14,31H,10-11H2,1H3,(H,30,32). The summed E-state index contributed by atoms with van der Waals surface area (Å²) in [6.07, 6.45) is -2.98. The van der Waals surface area contributed by atoms with Gasteiger partial charge in [0.15, 0.2) is 0 Å². The first-order valence-electron chi connectivity index (χ1n) is 10.0. The number of amides is 1. The maximum Gasteiger partial charge on any atom is 0.433 e. The van der Waals surface area contributed by atoms with Crippen LogP contribution in [0.1, 0.15) is 53.0 Å². The summed E-state index contributed by atoms with van der Waals surface area (Å²) in [6, 6.07) is 14.7. The lowest BCUT2D eigenvalue weighted by Crippen LogP contribution is -2.34. The molecular weight excluding hydrogens is 441 g/mol. The van der Waals surface area contributed by atoms with Gasteiger partial charge in [0.1, 0.15) is 5.69 Å². The van der Waals surface area contributed by atoms with Crippen molar-refractivity contribution in [3.63, 3.8) is 0 Å². The minimum atomic E-state index is -4.59. The number of alkyl halides is 3. The highest BCUT2D eigenvalue weighted by molar-refractivity contribution is 6.30.